The molecule has 0 saturated carbocycles. The molecule has 0 bridgehead atoms. The zero-order valence-corrected chi connectivity index (χ0v) is 18.2. The van der Waals surface area contributed by atoms with Crippen molar-refractivity contribution in [2.24, 2.45) is 0 Å². The first-order valence-corrected chi connectivity index (χ1v) is 11.1. The maximum absolute atomic E-state index is 12.4. The molecule has 0 aliphatic rings. The highest BCUT2D eigenvalue weighted by Gasteiger charge is 2.24. The second-order valence-electron chi connectivity index (χ2n) is 6.87. The zero-order valence-electron chi connectivity index (χ0n) is 17.3. The van der Waals surface area contributed by atoms with Crippen LogP contribution in [0.1, 0.15) is 24.0 Å². The summed E-state index contributed by atoms with van der Waals surface area (Å²) >= 11 is 0. The van der Waals surface area contributed by atoms with E-state index in [4.69, 9.17) is 4.74 Å². The third-order valence-electron chi connectivity index (χ3n) is 4.55. The maximum Gasteiger partial charge on any atom is 0.271 e. The van der Waals surface area contributed by atoms with E-state index < -0.39 is 14.9 Å². The summed E-state index contributed by atoms with van der Waals surface area (Å²) in [7, 11) is -2.41. The van der Waals surface area contributed by atoms with Gasteiger partial charge in [-0.05, 0) is 37.5 Å². The molecule has 30 heavy (non-hydrogen) atoms. The number of aryl methyl sites for hydroxylation is 2. The number of hydrogen-bond acceptors (Lipinski definition) is 6. The van der Waals surface area contributed by atoms with E-state index in [1.165, 1.54) is 19.2 Å². The van der Waals surface area contributed by atoms with Crippen molar-refractivity contribution in [2.45, 2.75) is 26.7 Å². The molecule has 1 amide bonds. The highest BCUT2D eigenvalue weighted by Crippen LogP contribution is 2.34. The van der Waals surface area contributed by atoms with Gasteiger partial charge in [-0.2, -0.15) is 0 Å². The van der Waals surface area contributed by atoms with E-state index in [0.717, 1.165) is 33.4 Å². The van der Waals surface area contributed by atoms with Gasteiger partial charge in [0.15, 0.2) is 0 Å². The van der Waals surface area contributed by atoms with Gasteiger partial charge in [-0.1, -0.05) is 18.2 Å². The number of sulfonamides is 1. The van der Waals surface area contributed by atoms with Gasteiger partial charge >= 0.3 is 0 Å². The third-order valence-corrected chi connectivity index (χ3v) is 5.73. The molecule has 0 unspecified atom stereocenters. The number of carbonyl (C=O) groups is 1. The molecule has 2 aromatic carbocycles. The van der Waals surface area contributed by atoms with Crippen LogP contribution in [0.4, 0.5) is 17.1 Å². The Bertz CT molecular complexity index is 1030. The standard InChI is InChI=1S/C20H25N3O6S/c1-14-7-5-8-15(2)20(14)21-19(24)9-6-12-22(30(4,27)28)17-13-16(23(25)26)10-11-18(17)29-3/h5,7-8,10-11,13H,6,9,12H2,1-4H3,(H,21,24). The smallest absolute Gasteiger partial charge is 0.271 e. The van der Waals surface area contributed by atoms with Gasteiger partial charge in [-0.3, -0.25) is 19.2 Å². The van der Waals surface area contributed by atoms with E-state index in [2.05, 4.69) is 5.32 Å². The van der Waals surface area contributed by atoms with Gasteiger partial charge in [0, 0.05) is 30.8 Å². The largest absolute Gasteiger partial charge is 0.495 e. The molecule has 10 heteroatoms. The van der Waals surface area contributed by atoms with Crippen LogP contribution in [0.5, 0.6) is 5.75 Å². The van der Waals surface area contributed by atoms with E-state index in [1.54, 1.807) is 0 Å². The first-order valence-electron chi connectivity index (χ1n) is 9.20. The van der Waals surface area contributed by atoms with Crippen LogP contribution >= 0.6 is 0 Å². The van der Waals surface area contributed by atoms with E-state index in [0.29, 0.717) is 0 Å². The molecule has 0 saturated heterocycles. The highest BCUT2D eigenvalue weighted by atomic mass is 32.2. The summed E-state index contributed by atoms with van der Waals surface area (Å²) in [6.07, 6.45) is 1.30. The van der Waals surface area contributed by atoms with Crippen LogP contribution in [0.2, 0.25) is 0 Å². The molecule has 0 aliphatic carbocycles. The van der Waals surface area contributed by atoms with Crippen LogP contribution in [0.15, 0.2) is 36.4 Å². The molecular formula is C20H25N3O6S. The Hall–Kier alpha value is -3.14. The number of methoxy groups -OCH3 is 1. The van der Waals surface area contributed by atoms with Gasteiger partial charge in [0.25, 0.3) is 5.69 Å². The molecule has 2 aromatic rings. The molecule has 0 heterocycles. The van der Waals surface area contributed by atoms with E-state index >= 15 is 0 Å². The van der Waals surface area contributed by atoms with Crippen molar-refractivity contribution in [3.05, 3.63) is 57.6 Å². The fourth-order valence-corrected chi connectivity index (χ4v) is 4.01. The molecule has 162 valence electrons. The van der Waals surface area contributed by atoms with Gasteiger partial charge in [-0.25, -0.2) is 8.42 Å². The van der Waals surface area contributed by atoms with Gasteiger partial charge in [0.1, 0.15) is 11.4 Å². The monoisotopic (exact) mass is 435 g/mol. The van der Waals surface area contributed by atoms with Crippen molar-refractivity contribution in [3.8, 4) is 5.75 Å². The Kier molecular flexibility index (Phi) is 7.38. The van der Waals surface area contributed by atoms with Gasteiger partial charge in [0.05, 0.1) is 18.3 Å². The van der Waals surface area contributed by atoms with Crippen LogP contribution in [0.3, 0.4) is 0 Å². The Balaban J connectivity index is 2.16. The molecule has 0 aromatic heterocycles. The molecular weight excluding hydrogens is 410 g/mol. The molecule has 2 rings (SSSR count). The Morgan fingerprint density at radius 2 is 1.83 bits per heavy atom. The minimum Gasteiger partial charge on any atom is -0.495 e. The van der Waals surface area contributed by atoms with E-state index in [9.17, 15) is 23.3 Å². The van der Waals surface area contributed by atoms with E-state index in [-0.39, 0.29) is 42.4 Å². The summed E-state index contributed by atoms with van der Waals surface area (Å²) in [6, 6.07) is 9.42. The molecule has 0 aliphatic heterocycles. The van der Waals surface area contributed by atoms with Crippen LogP contribution < -0.4 is 14.4 Å². The second-order valence-corrected chi connectivity index (χ2v) is 8.77. The SMILES string of the molecule is COc1ccc([N+](=O)[O-])cc1N(CCCC(=O)Nc1c(C)cccc1C)S(C)(=O)=O. The summed E-state index contributed by atoms with van der Waals surface area (Å²) in [5.74, 6) is -0.0575. The number of carbonyl (C=O) groups excluding carboxylic acids is 1. The summed E-state index contributed by atoms with van der Waals surface area (Å²) in [6.45, 7) is 3.75. The average Bonchev–Trinajstić information content (AvgIpc) is 2.66. The first-order chi connectivity index (χ1) is 14.0. The lowest BCUT2D eigenvalue weighted by Crippen LogP contribution is -2.32. The summed E-state index contributed by atoms with van der Waals surface area (Å²) in [4.78, 5) is 22.8. The molecule has 0 radical (unpaired) electrons. The molecule has 0 atom stereocenters. The third kappa shape index (κ3) is 5.69. The number of para-hydroxylation sites is 1. The number of nitro benzene ring substituents is 1. The number of ether oxygens (including phenoxy) is 1. The van der Waals surface area contributed by atoms with Crippen LogP contribution in [-0.4, -0.2) is 39.2 Å². The van der Waals surface area contributed by atoms with Crippen LogP contribution in [0, 0.1) is 24.0 Å². The number of benzene rings is 2. The van der Waals surface area contributed by atoms with Gasteiger partial charge in [-0.15, -0.1) is 0 Å². The predicted molar refractivity (Wildman–Crippen MR) is 116 cm³/mol. The van der Waals surface area contributed by atoms with E-state index in [1.807, 2.05) is 32.0 Å². The lowest BCUT2D eigenvalue weighted by molar-refractivity contribution is -0.384. The van der Waals surface area contributed by atoms with Gasteiger partial charge in [0.2, 0.25) is 15.9 Å². The van der Waals surface area contributed by atoms with Crippen molar-refractivity contribution in [3.63, 3.8) is 0 Å². The zero-order chi connectivity index (χ0) is 22.5. The molecule has 9 nitrogen and oxygen atoms in total. The van der Waals surface area contributed by atoms with Crippen LogP contribution in [-0.2, 0) is 14.8 Å². The number of hydrogen-bond donors (Lipinski definition) is 1. The van der Waals surface area contributed by atoms with Gasteiger partial charge < -0.3 is 10.1 Å². The number of anilines is 2. The number of nitrogens with one attached hydrogen (secondary N) is 1. The van der Waals surface area contributed by atoms with Crippen molar-refractivity contribution in [1.82, 2.24) is 0 Å². The highest BCUT2D eigenvalue weighted by molar-refractivity contribution is 7.92. The fraction of sp³-hybridized carbons (Fsp3) is 0.350. The molecule has 0 fully saturated rings. The van der Waals surface area contributed by atoms with Crippen molar-refractivity contribution in [2.75, 3.05) is 29.5 Å². The van der Waals surface area contributed by atoms with Crippen molar-refractivity contribution in [1.29, 1.82) is 0 Å². The number of amides is 1. The quantitative estimate of drug-likeness (QED) is 0.476. The summed E-state index contributed by atoms with van der Waals surface area (Å²) < 4.78 is 30.9. The number of nitrogens with zero attached hydrogens (tertiary/aromatic N) is 2. The Labute approximate surface area is 175 Å². The summed E-state index contributed by atoms with van der Waals surface area (Å²) in [5, 5.41) is 14.0. The fourth-order valence-electron chi connectivity index (χ4n) is 3.05. The number of nitro groups is 1. The number of non-ortho nitro benzene ring substituents is 1. The molecule has 0 spiro atoms. The Morgan fingerprint density at radius 1 is 1.20 bits per heavy atom. The van der Waals surface area contributed by atoms with Crippen molar-refractivity contribution >= 4 is 33.0 Å². The normalized spacial score (nSPS) is 11.1. The maximum atomic E-state index is 12.4. The van der Waals surface area contributed by atoms with Crippen molar-refractivity contribution < 1.29 is 22.9 Å². The first kappa shape index (κ1) is 23.1. The second kappa shape index (κ2) is 9.57. The minimum absolute atomic E-state index is 0.0312. The topological polar surface area (TPSA) is 119 Å². The lowest BCUT2D eigenvalue weighted by atomic mass is 10.1. The lowest BCUT2D eigenvalue weighted by Gasteiger charge is -2.24. The minimum atomic E-state index is -3.76. The number of rotatable bonds is 9. The predicted octanol–water partition coefficient (Wildman–Crippen LogP) is 3.41. The average molecular weight is 436 g/mol. The molecule has 1 N–H and O–H groups in total. The summed E-state index contributed by atoms with van der Waals surface area (Å²) in [5.41, 5.74) is 2.41. The van der Waals surface area contributed by atoms with Crippen LogP contribution in [0.25, 0.3) is 0 Å². The Morgan fingerprint density at radius 3 is 2.37 bits per heavy atom.